The maximum Gasteiger partial charge on any atom is 0.310 e. The number of nitrogens with zero attached hydrogens (tertiary/aromatic N) is 1. The number of nitrogens with one attached hydrogen (secondary N) is 1. The smallest absolute Gasteiger partial charge is 0.310 e. The topological polar surface area (TPSA) is 77.5 Å². The minimum atomic E-state index is -0.335. The van der Waals surface area contributed by atoms with E-state index in [0.717, 1.165) is 16.0 Å². The second-order valence-electron chi connectivity index (χ2n) is 5.32. The summed E-state index contributed by atoms with van der Waals surface area (Å²) in [7, 11) is 1.34. The van der Waals surface area contributed by atoms with Crippen molar-refractivity contribution in [2.45, 2.75) is 27.2 Å². The van der Waals surface area contributed by atoms with Gasteiger partial charge in [0.1, 0.15) is 5.75 Å². The molecule has 0 aliphatic rings. The first kappa shape index (κ1) is 17.9. The number of rotatable bonds is 6. The summed E-state index contributed by atoms with van der Waals surface area (Å²) in [6.07, 6.45) is 0.148. The molecule has 0 radical (unpaired) electrons. The Morgan fingerprint density at radius 1 is 1.25 bits per heavy atom. The number of benzene rings is 1. The third-order valence-electron chi connectivity index (χ3n) is 3.59. The van der Waals surface area contributed by atoms with Crippen molar-refractivity contribution in [2.75, 3.05) is 19.0 Å². The van der Waals surface area contributed by atoms with Gasteiger partial charge < -0.3 is 9.47 Å². The van der Waals surface area contributed by atoms with E-state index in [0.29, 0.717) is 16.6 Å². The van der Waals surface area contributed by atoms with Gasteiger partial charge in [0.15, 0.2) is 11.7 Å². The first-order valence-electron chi connectivity index (χ1n) is 7.42. The van der Waals surface area contributed by atoms with E-state index in [2.05, 4.69) is 15.0 Å². The standard InChI is InChI=1S/C17H20N2O4S/c1-10-6-5-7-13(11(10)2)23-9-15(20)19-17-18-12(3)14(24-17)8-16(21)22-4/h5-7H,8-9H2,1-4H3,(H,18,19,20). The minimum absolute atomic E-state index is 0.102. The summed E-state index contributed by atoms with van der Waals surface area (Å²) in [4.78, 5) is 28.4. The second kappa shape index (κ2) is 7.92. The Kier molecular flexibility index (Phi) is 5.92. The predicted molar refractivity (Wildman–Crippen MR) is 92.6 cm³/mol. The van der Waals surface area contributed by atoms with Crippen molar-refractivity contribution in [1.82, 2.24) is 4.98 Å². The zero-order valence-corrected chi connectivity index (χ0v) is 15.0. The van der Waals surface area contributed by atoms with Gasteiger partial charge in [0.05, 0.1) is 19.2 Å². The number of hydrogen-bond donors (Lipinski definition) is 1. The van der Waals surface area contributed by atoms with Gasteiger partial charge in [0, 0.05) is 4.88 Å². The maximum atomic E-state index is 12.0. The van der Waals surface area contributed by atoms with Gasteiger partial charge in [0.2, 0.25) is 0 Å². The highest BCUT2D eigenvalue weighted by molar-refractivity contribution is 7.16. The van der Waals surface area contributed by atoms with Crippen LogP contribution in [0.5, 0.6) is 5.75 Å². The lowest BCUT2D eigenvalue weighted by Crippen LogP contribution is -2.20. The van der Waals surface area contributed by atoms with E-state index >= 15 is 0 Å². The molecular weight excluding hydrogens is 328 g/mol. The van der Waals surface area contributed by atoms with Crippen LogP contribution in [0.4, 0.5) is 5.13 Å². The van der Waals surface area contributed by atoms with Crippen LogP contribution in [0.25, 0.3) is 0 Å². The third kappa shape index (κ3) is 4.55. The van der Waals surface area contributed by atoms with Gasteiger partial charge in [-0.3, -0.25) is 14.9 Å². The first-order valence-corrected chi connectivity index (χ1v) is 8.24. The molecule has 24 heavy (non-hydrogen) atoms. The van der Waals surface area contributed by atoms with E-state index in [-0.39, 0.29) is 24.9 Å². The van der Waals surface area contributed by atoms with Crippen molar-refractivity contribution in [2.24, 2.45) is 0 Å². The summed E-state index contributed by atoms with van der Waals surface area (Å²) in [6.45, 7) is 5.63. The Bertz CT molecular complexity index is 755. The molecule has 1 aromatic carbocycles. The van der Waals surface area contributed by atoms with Crippen LogP contribution in [0, 0.1) is 20.8 Å². The summed E-state index contributed by atoms with van der Waals surface area (Å²) >= 11 is 1.26. The van der Waals surface area contributed by atoms with Crippen LogP contribution in [0.3, 0.4) is 0 Å². The molecule has 2 aromatic rings. The molecular formula is C17H20N2O4S. The molecule has 0 bridgehead atoms. The molecule has 7 heteroatoms. The van der Waals surface area contributed by atoms with Crippen LogP contribution >= 0.6 is 11.3 Å². The molecule has 1 amide bonds. The van der Waals surface area contributed by atoms with E-state index in [9.17, 15) is 9.59 Å². The van der Waals surface area contributed by atoms with Crippen molar-refractivity contribution in [3.05, 3.63) is 39.9 Å². The Morgan fingerprint density at radius 2 is 2.00 bits per heavy atom. The van der Waals surface area contributed by atoms with Crippen molar-refractivity contribution in [3.8, 4) is 5.75 Å². The van der Waals surface area contributed by atoms with Crippen molar-refractivity contribution in [1.29, 1.82) is 0 Å². The Labute approximate surface area is 144 Å². The molecule has 0 spiro atoms. The molecule has 128 valence electrons. The van der Waals surface area contributed by atoms with Crippen molar-refractivity contribution in [3.63, 3.8) is 0 Å². The number of anilines is 1. The summed E-state index contributed by atoms with van der Waals surface area (Å²) in [5.74, 6) is 0.0546. The third-order valence-corrected chi connectivity index (χ3v) is 4.66. The van der Waals surface area contributed by atoms with E-state index in [1.807, 2.05) is 32.0 Å². The zero-order valence-electron chi connectivity index (χ0n) is 14.1. The Hall–Kier alpha value is -2.41. The van der Waals surface area contributed by atoms with Crippen LogP contribution in [0.15, 0.2) is 18.2 Å². The molecule has 0 aliphatic heterocycles. The molecule has 0 saturated carbocycles. The Balaban J connectivity index is 1.94. The lowest BCUT2D eigenvalue weighted by Gasteiger charge is -2.10. The zero-order chi connectivity index (χ0) is 17.7. The van der Waals surface area contributed by atoms with Crippen molar-refractivity contribution < 1.29 is 19.1 Å². The number of carbonyl (C=O) groups is 2. The fraction of sp³-hybridized carbons (Fsp3) is 0.353. The highest BCUT2D eigenvalue weighted by Gasteiger charge is 2.14. The monoisotopic (exact) mass is 348 g/mol. The average Bonchev–Trinajstić information content (AvgIpc) is 2.88. The molecule has 0 atom stereocenters. The number of amides is 1. The average molecular weight is 348 g/mol. The largest absolute Gasteiger partial charge is 0.483 e. The van der Waals surface area contributed by atoms with Crippen LogP contribution in [0.1, 0.15) is 21.7 Å². The molecule has 0 unspecified atom stereocenters. The number of aromatic nitrogens is 1. The molecule has 1 N–H and O–H groups in total. The van der Waals surface area contributed by atoms with Crippen LogP contribution in [-0.2, 0) is 20.7 Å². The number of ether oxygens (including phenoxy) is 2. The molecule has 2 rings (SSSR count). The van der Waals surface area contributed by atoms with Gasteiger partial charge in [-0.25, -0.2) is 4.98 Å². The van der Waals surface area contributed by atoms with Crippen LogP contribution in [0.2, 0.25) is 0 Å². The SMILES string of the molecule is COC(=O)Cc1sc(NC(=O)COc2cccc(C)c2C)nc1C. The number of thiazole rings is 1. The summed E-state index contributed by atoms with van der Waals surface area (Å²) < 4.78 is 10.2. The fourth-order valence-electron chi connectivity index (χ4n) is 2.03. The van der Waals surface area contributed by atoms with Gasteiger partial charge in [-0.1, -0.05) is 12.1 Å². The second-order valence-corrected chi connectivity index (χ2v) is 6.40. The van der Waals surface area contributed by atoms with Gasteiger partial charge in [0.25, 0.3) is 5.91 Å². The summed E-state index contributed by atoms with van der Waals surface area (Å²) in [5, 5.41) is 3.14. The first-order chi connectivity index (χ1) is 11.4. The van der Waals surface area contributed by atoms with Gasteiger partial charge in [-0.15, -0.1) is 11.3 Å². The fourth-order valence-corrected chi connectivity index (χ4v) is 2.99. The normalized spacial score (nSPS) is 10.3. The lowest BCUT2D eigenvalue weighted by atomic mass is 10.1. The highest BCUT2D eigenvalue weighted by Crippen LogP contribution is 2.24. The van der Waals surface area contributed by atoms with Crippen LogP contribution in [-0.4, -0.2) is 30.6 Å². The number of aryl methyl sites for hydroxylation is 2. The van der Waals surface area contributed by atoms with Gasteiger partial charge >= 0.3 is 5.97 Å². The van der Waals surface area contributed by atoms with E-state index < -0.39 is 0 Å². The van der Waals surface area contributed by atoms with E-state index in [1.54, 1.807) is 6.92 Å². The highest BCUT2D eigenvalue weighted by atomic mass is 32.1. The summed E-state index contributed by atoms with van der Waals surface area (Å²) in [5.41, 5.74) is 2.82. The Morgan fingerprint density at radius 3 is 2.71 bits per heavy atom. The number of carbonyl (C=O) groups excluding carboxylic acids is 2. The van der Waals surface area contributed by atoms with Gasteiger partial charge in [-0.05, 0) is 38.0 Å². The molecule has 1 heterocycles. The van der Waals surface area contributed by atoms with Crippen molar-refractivity contribution >= 4 is 28.3 Å². The number of hydrogen-bond acceptors (Lipinski definition) is 6. The molecule has 0 fully saturated rings. The maximum absolute atomic E-state index is 12.0. The lowest BCUT2D eigenvalue weighted by molar-refractivity contribution is -0.139. The van der Waals surface area contributed by atoms with Gasteiger partial charge in [-0.2, -0.15) is 0 Å². The van der Waals surface area contributed by atoms with E-state index in [4.69, 9.17) is 4.74 Å². The quantitative estimate of drug-likeness (QED) is 0.812. The number of esters is 1. The predicted octanol–water partition coefficient (Wildman–Crippen LogP) is 2.80. The molecule has 6 nitrogen and oxygen atoms in total. The van der Waals surface area contributed by atoms with Crippen LogP contribution < -0.4 is 10.1 Å². The van der Waals surface area contributed by atoms with E-state index in [1.165, 1.54) is 18.4 Å². The minimum Gasteiger partial charge on any atom is -0.483 e. The molecule has 0 saturated heterocycles. The summed E-state index contributed by atoms with van der Waals surface area (Å²) in [6, 6.07) is 5.71. The molecule has 1 aromatic heterocycles. The number of methoxy groups -OCH3 is 1. The molecule has 0 aliphatic carbocycles.